The minimum atomic E-state index is 0.159. The predicted molar refractivity (Wildman–Crippen MR) is 82.3 cm³/mol. The monoisotopic (exact) mass is 278 g/mol. The fraction of sp³-hybridized carbons (Fsp3) is 0.533. The zero-order chi connectivity index (χ0) is 14.0. The van der Waals surface area contributed by atoms with Gasteiger partial charge < -0.3 is 14.3 Å². The first kappa shape index (κ1) is 14.1. The molecule has 1 aromatic heterocycles. The molecule has 0 atom stereocenters. The fourth-order valence-corrected chi connectivity index (χ4v) is 2.41. The van der Waals surface area contributed by atoms with Gasteiger partial charge in [0, 0.05) is 6.54 Å². The summed E-state index contributed by atoms with van der Waals surface area (Å²) in [5, 5.41) is 0. The van der Waals surface area contributed by atoms with Crippen molar-refractivity contribution in [2.45, 2.75) is 46.8 Å². The van der Waals surface area contributed by atoms with E-state index in [-0.39, 0.29) is 6.10 Å². The Morgan fingerprint density at radius 1 is 1.26 bits per heavy atom. The Balaban J connectivity index is 2.43. The maximum atomic E-state index is 5.83. The Morgan fingerprint density at radius 2 is 2.00 bits per heavy atom. The van der Waals surface area contributed by atoms with Gasteiger partial charge in [-0.1, -0.05) is 19.9 Å². The van der Waals surface area contributed by atoms with E-state index in [1.165, 1.54) is 0 Å². The van der Waals surface area contributed by atoms with E-state index in [0.717, 1.165) is 34.5 Å². The van der Waals surface area contributed by atoms with Gasteiger partial charge in [0.1, 0.15) is 11.3 Å². The number of aryl methyl sites for hydroxylation is 1. The molecule has 0 aliphatic heterocycles. The highest BCUT2D eigenvalue weighted by Gasteiger charge is 2.10. The predicted octanol–water partition coefficient (Wildman–Crippen LogP) is 4.53. The Bertz CT molecular complexity index is 610. The van der Waals surface area contributed by atoms with E-state index in [9.17, 15) is 0 Å². The molecule has 0 spiro atoms. The normalized spacial score (nSPS) is 11.7. The Hall–Kier alpha value is -1.29. The van der Waals surface area contributed by atoms with E-state index in [1.54, 1.807) is 0 Å². The lowest BCUT2D eigenvalue weighted by atomic mass is 10.1. The van der Waals surface area contributed by atoms with E-state index in [2.05, 4.69) is 29.5 Å². The summed E-state index contributed by atoms with van der Waals surface area (Å²) in [4.78, 5) is 3.28. The van der Waals surface area contributed by atoms with E-state index in [0.29, 0.717) is 5.92 Å². The highest BCUT2D eigenvalue weighted by atomic mass is 32.1. The topological polar surface area (TPSA) is 29.9 Å². The smallest absolute Gasteiger partial charge is 0.178 e. The molecule has 1 heterocycles. The largest absolute Gasteiger partial charge is 0.489 e. The van der Waals surface area contributed by atoms with Gasteiger partial charge in [0.05, 0.1) is 11.6 Å². The van der Waals surface area contributed by atoms with Crippen LogP contribution in [0.25, 0.3) is 11.0 Å². The van der Waals surface area contributed by atoms with Crippen molar-refractivity contribution in [1.29, 1.82) is 0 Å². The maximum Gasteiger partial charge on any atom is 0.178 e. The summed E-state index contributed by atoms with van der Waals surface area (Å²) in [5.41, 5.74) is 2.13. The molecule has 0 amide bonds. The van der Waals surface area contributed by atoms with E-state index < -0.39 is 0 Å². The maximum absolute atomic E-state index is 5.83. The number of fused-ring (bicyclic) bond motifs is 1. The van der Waals surface area contributed by atoms with Crippen LogP contribution in [0.2, 0.25) is 0 Å². The van der Waals surface area contributed by atoms with Gasteiger partial charge in [0.15, 0.2) is 4.77 Å². The minimum absolute atomic E-state index is 0.159. The first-order valence-electron chi connectivity index (χ1n) is 6.87. The summed E-state index contributed by atoms with van der Waals surface area (Å²) >= 11 is 5.43. The molecule has 0 bridgehead atoms. The number of imidazole rings is 1. The molecule has 0 saturated carbocycles. The molecule has 4 heteroatoms. The summed E-state index contributed by atoms with van der Waals surface area (Å²) < 4.78 is 8.77. The Labute approximate surface area is 119 Å². The van der Waals surface area contributed by atoms with E-state index >= 15 is 0 Å². The fourth-order valence-electron chi connectivity index (χ4n) is 2.12. The summed E-state index contributed by atoms with van der Waals surface area (Å²) in [7, 11) is 0. The van der Waals surface area contributed by atoms with Gasteiger partial charge in [-0.3, -0.25) is 0 Å². The van der Waals surface area contributed by atoms with E-state index in [1.807, 2.05) is 26.0 Å². The molecule has 104 valence electrons. The molecule has 1 aromatic carbocycles. The third-order valence-corrected chi connectivity index (χ3v) is 3.39. The van der Waals surface area contributed by atoms with Crippen molar-refractivity contribution in [2.24, 2.45) is 5.92 Å². The number of nitrogens with zero attached hydrogens (tertiary/aromatic N) is 1. The zero-order valence-corrected chi connectivity index (χ0v) is 12.9. The number of nitrogens with one attached hydrogen (secondary N) is 1. The third-order valence-electron chi connectivity index (χ3n) is 3.06. The highest BCUT2D eigenvalue weighted by molar-refractivity contribution is 7.71. The number of hydrogen-bond donors (Lipinski definition) is 1. The number of H-pyrrole nitrogens is 1. The molecule has 3 nitrogen and oxygen atoms in total. The van der Waals surface area contributed by atoms with Crippen LogP contribution in [-0.2, 0) is 6.54 Å². The molecule has 1 N–H and O–H groups in total. The summed E-state index contributed by atoms with van der Waals surface area (Å²) in [5.74, 6) is 1.55. The van der Waals surface area contributed by atoms with Crippen molar-refractivity contribution in [3.05, 3.63) is 23.0 Å². The number of aromatic amines is 1. The second-order valence-electron chi connectivity index (χ2n) is 5.58. The molecule has 0 aliphatic rings. The average molecular weight is 278 g/mol. The van der Waals surface area contributed by atoms with Gasteiger partial charge in [-0.25, -0.2) is 0 Å². The van der Waals surface area contributed by atoms with Gasteiger partial charge in [0.25, 0.3) is 0 Å². The number of hydrogen-bond acceptors (Lipinski definition) is 2. The average Bonchev–Trinajstić information content (AvgIpc) is 2.63. The van der Waals surface area contributed by atoms with Crippen molar-refractivity contribution >= 4 is 23.3 Å². The van der Waals surface area contributed by atoms with Gasteiger partial charge in [-0.2, -0.15) is 0 Å². The molecule has 0 radical (unpaired) electrons. The summed E-state index contributed by atoms with van der Waals surface area (Å²) in [6.07, 6.45) is 1.28. The van der Waals surface area contributed by atoms with Crippen molar-refractivity contribution in [2.75, 3.05) is 0 Å². The SMILES string of the molecule is CC(C)CCn1c(=S)[nH]c2c(OC(C)C)cccc21. The number of aromatic nitrogens is 2. The number of ether oxygens (including phenoxy) is 1. The van der Waals surface area contributed by atoms with Crippen LogP contribution in [0.15, 0.2) is 18.2 Å². The van der Waals surface area contributed by atoms with Gasteiger partial charge in [-0.05, 0) is 50.5 Å². The highest BCUT2D eigenvalue weighted by Crippen LogP contribution is 2.26. The lowest BCUT2D eigenvalue weighted by Gasteiger charge is -2.11. The van der Waals surface area contributed by atoms with Crippen molar-refractivity contribution in [3.8, 4) is 5.75 Å². The van der Waals surface area contributed by atoms with Crippen LogP contribution in [-0.4, -0.2) is 15.7 Å². The van der Waals surface area contributed by atoms with Crippen molar-refractivity contribution < 1.29 is 4.74 Å². The van der Waals surface area contributed by atoms with Crippen LogP contribution in [0.3, 0.4) is 0 Å². The number of benzene rings is 1. The molecule has 0 unspecified atom stereocenters. The second kappa shape index (κ2) is 5.78. The number of rotatable bonds is 5. The van der Waals surface area contributed by atoms with Crippen LogP contribution in [0.5, 0.6) is 5.75 Å². The number of para-hydroxylation sites is 1. The molecule has 2 aromatic rings. The first-order valence-corrected chi connectivity index (χ1v) is 7.28. The van der Waals surface area contributed by atoms with E-state index in [4.69, 9.17) is 17.0 Å². The van der Waals surface area contributed by atoms with Gasteiger partial charge >= 0.3 is 0 Å². The zero-order valence-electron chi connectivity index (χ0n) is 12.1. The van der Waals surface area contributed by atoms with Crippen molar-refractivity contribution in [1.82, 2.24) is 9.55 Å². The van der Waals surface area contributed by atoms with Crippen LogP contribution >= 0.6 is 12.2 Å². The molecular weight excluding hydrogens is 256 g/mol. The van der Waals surface area contributed by atoms with Gasteiger partial charge in [0.2, 0.25) is 0 Å². The molecule has 0 saturated heterocycles. The Morgan fingerprint density at radius 3 is 2.63 bits per heavy atom. The minimum Gasteiger partial charge on any atom is -0.489 e. The third kappa shape index (κ3) is 3.18. The Kier molecular flexibility index (Phi) is 4.30. The molecular formula is C15H22N2OS. The van der Waals surface area contributed by atoms with Crippen molar-refractivity contribution in [3.63, 3.8) is 0 Å². The molecule has 0 aliphatic carbocycles. The molecule has 19 heavy (non-hydrogen) atoms. The lowest BCUT2D eigenvalue weighted by molar-refractivity contribution is 0.245. The van der Waals surface area contributed by atoms with Crippen LogP contribution in [0, 0.1) is 10.7 Å². The second-order valence-corrected chi connectivity index (χ2v) is 5.97. The quantitative estimate of drug-likeness (QED) is 0.814. The molecule has 0 fully saturated rings. The standard InChI is InChI=1S/C15H22N2OS/c1-10(2)8-9-17-12-6-5-7-13(18-11(3)4)14(12)16-15(17)19/h5-7,10-11H,8-9H2,1-4H3,(H,16,19). The first-order chi connectivity index (χ1) is 8.99. The summed E-state index contributed by atoms with van der Waals surface area (Å²) in [6.45, 7) is 9.46. The van der Waals surface area contributed by atoms with Gasteiger partial charge in [-0.15, -0.1) is 0 Å². The summed E-state index contributed by atoms with van der Waals surface area (Å²) in [6, 6.07) is 6.10. The molecule has 2 rings (SSSR count). The van der Waals surface area contributed by atoms with Crippen LogP contribution in [0.4, 0.5) is 0 Å². The van der Waals surface area contributed by atoms with Crippen LogP contribution < -0.4 is 4.74 Å². The lowest BCUT2D eigenvalue weighted by Crippen LogP contribution is -2.06. The van der Waals surface area contributed by atoms with Crippen LogP contribution in [0.1, 0.15) is 34.1 Å².